The normalized spacial score (nSPS) is 52.1. The van der Waals surface area contributed by atoms with E-state index in [0.29, 0.717) is 25.7 Å². The van der Waals surface area contributed by atoms with Gasteiger partial charge in [0.25, 0.3) is 0 Å². The van der Waals surface area contributed by atoms with Crippen LogP contribution in [0.1, 0.15) is 13.3 Å². The summed E-state index contributed by atoms with van der Waals surface area (Å²) in [6, 6.07) is 0.565. The molecule has 0 aliphatic carbocycles. The summed E-state index contributed by atoms with van der Waals surface area (Å²) in [5, 5.41) is 0. The molecule has 0 aromatic rings. The Balaban J connectivity index is 1.93. The molecule has 0 amide bonds. The second-order valence-electron chi connectivity index (χ2n) is 5.69. The second-order valence-corrected chi connectivity index (χ2v) is 5.69. The molecule has 4 heteroatoms. The molecule has 0 radical (unpaired) electrons. The maximum Gasteiger partial charge on any atom is 0.148 e. The van der Waals surface area contributed by atoms with Gasteiger partial charge >= 0.3 is 0 Å². The number of rotatable bonds is 1. The van der Waals surface area contributed by atoms with Gasteiger partial charge in [-0.2, -0.15) is 0 Å². The van der Waals surface area contributed by atoms with E-state index in [0.717, 1.165) is 39.1 Å². The number of nitrogens with zero attached hydrogens (tertiary/aromatic N) is 3. The highest BCUT2D eigenvalue weighted by Gasteiger charge is 2.44. The average Bonchev–Trinajstić information content (AvgIpc) is 2.55. The molecule has 4 unspecified atom stereocenters. The molecule has 3 heterocycles. The molecule has 3 aliphatic heterocycles. The largest absolute Gasteiger partial charge is 0.298 e. The lowest BCUT2D eigenvalue weighted by Gasteiger charge is -2.30. The van der Waals surface area contributed by atoms with Gasteiger partial charge in [-0.3, -0.25) is 14.7 Å². The Morgan fingerprint density at radius 2 is 1.75 bits per heavy atom. The standard InChI is InChI=1S/C12H22FN3/c1-2-11-7-15-4-3-14-5-6-16(11)10-12(13,8-14)9-15/h11H,2-10H2,1H3/t11?,12-/m0/s1/i13-1. The fraction of sp³-hybridized carbons (Fsp3) is 1.00. The Morgan fingerprint density at radius 3 is 2.56 bits per heavy atom. The third-order valence-corrected chi connectivity index (χ3v) is 4.39. The van der Waals surface area contributed by atoms with E-state index in [-0.39, 0.29) is 0 Å². The SMILES string of the molecule is CCC1CN2CCN3CCN1C[C@]([18F])(C3)C2. The Hall–Kier alpha value is -0.190. The van der Waals surface area contributed by atoms with Crippen LogP contribution < -0.4 is 0 Å². The lowest BCUT2D eigenvalue weighted by Crippen LogP contribution is -2.46. The van der Waals surface area contributed by atoms with Crippen molar-refractivity contribution < 1.29 is 4.39 Å². The minimum atomic E-state index is -0.989. The van der Waals surface area contributed by atoms with E-state index in [4.69, 9.17) is 0 Å². The van der Waals surface area contributed by atoms with E-state index in [2.05, 4.69) is 21.6 Å². The van der Waals surface area contributed by atoms with Crippen LogP contribution in [0.15, 0.2) is 0 Å². The van der Waals surface area contributed by atoms with Crippen molar-refractivity contribution in [1.29, 1.82) is 0 Å². The minimum absolute atomic E-state index is 0.565. The van der Waals surface area contributed by atoms with Crippen LogP contribution in [0.5, 0.6) is 0 Å². The predicted molar refractivity (Wildman–Crippen MR) is 62.4 cm³/mol. The zero-order chi connectivity index (χ0) is 11.2. The number of hydrogen-bond donors (Lipinski definition) is 0. The first-order valence-electron chi connectivity index (χ1n) is 6.56. The Labute approximate surface area is 97.2 Å². The molecule has 0 saturated carbocycles. The maximum absolute atomic E-state index is 14.8. The molecule has 3 nitrogen and oxygen atoms in total. The average molecular weight is 226 g/mol. The smallest absolute Gasteiger partial charge is 0.148 e. The van der Waals surface area contributed by atoms with E-state index < -0.39 is 5.67 Å². The molecule has 16 heavy (non-hydrogen) atoms. The van der Waals surface area contributed by atoms with Crippen molar-refractivity contribution in [2.24, 2.45) is 0 Å². The zero-order valence-electron chi connectivity index (χ0n) is 10.2. The fourth-order valence-electron chi connectivity index (χ4n) is 3.56. The van der Waals surface area contributed by atoms with Crippen LogP contribution in [0.25, 0.3) is 0 Å². The van der Waals surface area contributed by atoms with Crippen LogP contribution in [-0.4, -0.2) is 78.8 Å². The maximum atomic E-state index is 14.8. The lowest BCUT2D eigenvalue weighted by molar-refractivity contribution is 0.0922. The van der Waals surface area contributed by atoms with Gasteiger partial charge in [0.15, 0.2) is 0 Å². The van der Waals surface area contributed by atoms with Gasteiger partial charge in [0.1, 0.15) is 5.67 Å². The van der Waals surface area contributed by atoms with Crippen molar-refractivity contribution in [2.45, 2.75) is 25.1 Å². The molecule has 3 fully saturated rings. The fourth-order valence-corrected chi connectivity index (χ4v) is 3.56. The molecule has 0 aromatic heterocycles. The monoisotopic (exact) mass is 226 g/mol. The zero-order valence-corrected chi connectivity index (χ0v) is 10.2. The molecular formula is C12H22FN3. The predicted octanol–water partition coefficient (Wildman–Crippen LogP) is 0.420. The van der Waals surface area contributed by atoms with Crippen molar-refractivity contribution in [3.8, 4) is 0 Å². The third kappa shape index (κ3) is 1.87. The molecule has 0 aromatic carbocycles. The number of hydrogen-bond acceptors (Lipinski definition) is 3. The highest BCUT2D eigenvalue weighted by Crippen LogP contribution is 2.28. The van der Waals surface area contributed by atoms with Crippen LogP contribution >= 0.6 is 0 Å². The molecule has 5 atom stereocenters. The summed E-state index contributed by atoms with van der Waals surface area (Å²) < 4.78 is 14.8. The molecule has 0 N–H and O–H groups in total. The first-order chi connectivity index (χ1) is 7.68. The van der Waals surface area contributed by atoms with Crippen LogP contribution in [0.2, 0.25) is 0 Å². The summed E-state index contributed by atoms with van der Waals surface area (Å²) >= 11 is 0. The topological polar surface area (TPSA) is 9.72 Å². The first kappa shape index (κ1) is 10.9. The minimum Gasteiger partial charge on any atom is -0.298 e. The quantitative estimate of drug-likeness (QED) is 0.641. The number of halogens is 1. The van der Waals surface area contributed by atoms with Gasteiger partial charge in [-0.25, -0.2) is 4.39 Å². The van der Waals surface area contributed by atoms with Crippen molar-refractivity contribution in [3.05, 3.63) is 0 Å². The van der Waals surface area contributed by atoms with Gasteiger partial charge in [-0.15, -0.1) is 0 Å². The Kier molecular flexibility index (Phi) is 2.68. The second kappa shape index (κ2) is 3.93. The Morgan fingerprint density at radius 1 is 1.06 bits per heavy atom. The van der Waals surface area contributed by atoms with Gasteiger partial charge in [-0.05, 0) is 6.42 Å². The van der Waals surface area contributed by atoms with Crippen molar-refractivity contribution in [1.82, 2.24) is 14.7 Å². The highest BCUT2D eigenvalue weighted by molar-refractivity contribution is 4.99. The van der Waals surface area contributed by atoms with E-state index in [1.807, 2.05) is 0 Å². The van der Waals surface area contributed by atoms with Crippen molar-refractivity contribution in [2.75, 3.05) is 52.4 Å². The van der Waals surface area contributed by atoms with Crippen molar-refractivity contribution >= 4 is 0 Å². The molecule has 92 valence electrons. The number of fused-ring (bicyclic) bond motifs is 3. The van der Waals surface area contributed by atoms with Gasteiger partial charge in [0.05, 0.1) is 0 Å². The third-order valence-electron chi connectivity index (χ3n) is 4.39. The van der Waals surface area contributed by atoms with Crippen LogP contribution in [0, 0.1) is 0 Å². The van der Waals surface area contributed by atoms with E-state index in [1.54, 1.807) is 0 Å². The van der Waals surface area contributed by atoms with Crippen LogP contribution in [-0.2, 0) is 0 Å². The van der Waals surface area contributed by atoms with Crippen LogP contribution in [0.3, 0.4) is 0 Å². The van der Waals surface area contributed by atoms with Crippen LogP contribution in [0.4, 0.5) is 4.39 Å². The highest BCUT2D eigenvalue weighted by atomic mass is 18.2. The van der Waals surface area contributed by atoms with Crippen molar-refractivity contribution in [3.63, 3.8) is 0 Å². The van der Waals surface area contributed by atoms with Gasteiger partial charge < -0.3 is 0 Å². The summed E-state index contributed by atoms with van der Waals surface area (Å²) in [5.74, 6) is 0. The number of alkyl halides is 1. The first-order valence-corrected chi connectivity index (χ1v) is 6.56. The van der Waals surface area contributed by atoms with E-state index in [1.165, 1.54) is 0 Å². The molecule has 3 rings (SSSR count). The van der Waals surface area contributed by atoms with Gasteiger partial charge in [-0.1, -0.05) is 6.92 Å². The lowest BCUT2D eigenvalue weighted by atomic mass is 10.1. The summed E-state index contributed by atoms with van der Waals surface area (Å²) in [6.07, 6.45) is 1.15. The van der Waals surface area contributed by atoms with Gasteiger partial charge in [0, 0.05) is 58.4 Å². The van der Waals surface area contributed by atoms with Gasteiger partial charge in [0.2, 0.25) is 0 Å². The van der Waals surface area contributed by atoms with E-state index in [9.17, 15) is 4.39 Å². The van der Waals surface area contributed by atoms with E-state index >= 15 is 0 Å². The molecule has 4 bridgehead atoms. The Bertz CT molecular complexity index is 273. The summed E-state index contributed by atoms with van der Waals surface area (Å²) in [4.78, 5) is 7.06. The summed E-state index contributed by atoms with van der Waals surface area (Å²) in [5.41, 5.74) is -0.989. The molecule has 3 saturated heterocycles. The summed E-state index contributed by atoms with van der Waals surface area (Å²) in [7, 11) is 0. The molecule has 3 aliphatic rings. The molecular weight excluding hydrogens is 204 g/mol. The summed E-state index contributed by atoms with van der Waals surface area (Å²) in [6.45, 7) is 9.45. The molecule has 0 spiro atoms.